The van der Waals surface area contributed by atoms with Gasteiger partial charge in [-0.25, -0.2) is 9.59 Å². The Morgan fingerprint density at radius 1 is 0.759 bits per heavy atom. The van der Waals surface area contributed by atoms with Crippen molar-refractivity contribution in [2.75, 3.05) is 32.8 Å². The highest BCUT2D eigenvalue weighted by molar-refractivity contribution is 6.03. The summed E-state index contributed by atoms with van der Waals surface area (Å²) < 4.78 is 9.39. The minimum atomic E-state index is -1.66. The standard InChI is InChI=1S/C17H26N4O8/c1-5-28-16(26)14(17(27)29-6-2)21-13(24)9-19-11(22)7-18-12(23)8-20-15(25)10(3)4/h14H,3,5-9H2,1-2,4H3,(H,18,23)(H,19,22)(H,20,25)(H,21,24). The first-order chi connectivity index (χ1) is 13.6. The zero-order valence-electron chi connectivity index (χ0n) is 16.6. The number of carbonyl (C=O) groups is 6. The third kappa shape index (κ3) is 11.1. The Hall–Kier alpha value is -3.44. The molecule has 0 atom stereocenters. The minimum Gasteiger partial charge on any atom is -0.464 e. The Balaban J connectivity index is 4.38. The van der Waals surface area contributed by atoms with Crippen LogP contribution in [0.25, 0.3) is 0 Å². The molecule has 0 heterocycles. The maximum atomic E-state index is 11.9. The monoisotopic (exact) mass is 414 g/mol. The topological polar surface area (TPSA) is 169 Å². The van der Waals surface area contributed by atoms with Gasteiger partial charge >= 0.3 is 11.9 Å². The van der Waals surface area contributed by atoms with E-state index in [4.69, 9.17) is 9.47 Å². The summed E-state index contributed by atoms with van der Waals surface area (Å²) in [7, 11) is 0. The van der Waals surface area contributed by atoms with Crippen LogP contribution >= 0.6 is 0 Å². The van der Waals surface area contributed by atoms with E-state index in [1.807, 2.05) is 0 Å². The predicted molar refractivity (Wildman–Crippen MR) is 99.0 cm³/mol. The number of carbonyl (C=O) groups excluding carboxylic acids is 6. The molecule has 0 unspecified atom stereocenters. The van der Waals surface area contributed by atoms with Crippen LogP contribution in [0, 0.1) is 0 Å². The highest BCUT2D eigenvalue weighted by Gasteiger charge is 2.31. The van der Waals surface area contributed by atoms with Gasteiger partial charge in [0.15, 0.2) is 0 Å². The van der Waals surface area contributed by atoms with Gasteiger partial charge in [-0.1, -0.05) is 6.58 Å². The summed E-state index contributed by atoms with van der Waals surface area (Å²) >= 11 is 0. The maximum Gasteiger partial charge on any atom is 0.340 e. The van der Waals surface area contributed by atoms with Crippen molar-refractivity contribution in [1.29, 1.82) is 0 Å². The third-order valence-electron chi connectivity index (χ3n) is 3.04. The fourth-order valence-electron chi connectivity index (χ4n) is 1.67. The molecule has 0 aliphatic rings. The second kappa shape index (κ2) is 13.7. The van der Waals surface area contributed by atoms with E-state index in [1.165, 1.54) is 20.8 Å². The van der Waals surface area contributed by atoms with E-state index in [0.717, 1.165) is 0 Å². The molecule has 29 heavy (non-hydrogen) atoms. The quantitative estimate of drug-likeness (QED) is 0.155. The van der Waals surface area contributed by atoms with Crippen LogP contribution in [0.3, 0.4) is 0 Å². The molecule has 12 nitrogen and oxygen atoms in total. The molecule has 0 rings (SSSR count). The number of hydrogen-bond donors (Lipinski definition) is 4. The van der Waals surface area contributed by atoms with E-state index in [1.54, 1.807) is 0 Å². The summed E-state index contributed by atoms with van der Waals surface area (Å²) in [5.74, 6) is -4.65. The van der Waals surface area contributed by atoms with Gasteiger partial charge in [0, 0.05) is 5.57 Å². The Bertz CT molecular complexity index is 644. The molecule has 12 heteroatoms. The second-order valence-electron chi connectivity index (χ2n) is 5.52. The second-order valence-corrected chi connectivity index (χ2v) is 5.52. The number of amides is 4. The van der Waals surface area contributed by atoms with Crippen molar-refractivity contribution in [2.24, 2.45) is 0 Å². The summed E-state index contributed by atoms with van der Waals surface area (Å²) in [6.07, 6.45) is 0. The van der Waals surface area contributed by atoms with E-state index in [-0.39, 0.29) is 25.3 Å². The first kappa shape index (κ1) is 25.6. The highest BCUT2D eigenvalue weighted by Crippen LogP contribution is 1.94. The lowest BCUT2D eigenvalue weighted by Crippen LogP contribution is -2.51. The summed E-state index contributed by atoms with van der Waals surface area (Å²) in [5, 5.41) is 8.82. The molecule has 0 bridgehead atoms. The van der Waals surface area contributed by atoms with Crippen LogP contribution in [-0.4, -0.2) is 74.5 Å². The molecule has 0 aromatic carbocycles. The SMILES string of the molecule is C=C(C)C(=O)NCC(=O)NCC(=O)NCC(=O)NC(C(=O)OCC)C(=O)OCC. The molecule has 0 aliphatic heterocycles. The lowest BCUT2D eigenvalue weighted by atomic mass is 10.3. The minimum absolute atomic E-state index is 0.00609. The Morgan fingerprint density at radius 3 is 1.59 bits per heavy atom. The van der Waals surface area contributed by atoms with Gasteiger partial charge in [-0.2, -0.15) is 0 Å². The zero-order valence-corrected chi connectivity index (χ0v) is 16.6. The summed E-state index contributed by atoms with van der Waals surface area (Å²) in [5.41, 5.74) is 0.227. The van der Waals surface area contributed by atoms with Crippen molar-refractivity contribution in [3.8, 4) is 0 Å². The van der Waals surface area contributed by atoms with Gasteiger partial charge in [0.2, 0.25) is 29.7 Å². The molecule has 0 saturated heterocycles. The van der Waals surface area contributed by atoms with E-state index in [9.17, 15) is 28.8 Å². The number of nitrogens with one attached hydrogen (secondary N) is 4. The van der Waals surface area contributed by atoms with Crippen LogP contribution in [0.1, 0.15) is 20.8 Å². The van der Waals surface area contributed by atoms with Gasteiger partial charge in [0.1, 0.15) is 0 Å². The fourth-order valence-corrected chi connectivity index (χ4v) is 1.67. The number of hydrogen-bond acceptors (Lipinski definition) is 8. The van der Waals surface area contributed by atoms with Gasteiger partial charge in [0.25, 0.3) is 0 Å². The molecule has 0 saturated carbocycles. The molecule has 0 fully saturated rings. The molecule has 0 aromatic heterocycles. The summed E-state index contributed by atoms with van der Waals surface area (Å²) in [6, 6.07) is -1.66. The molecular weight excluding hydrogens is 388 g/mol. The average molecular weight is 414 g/mol. The van der Waals surface area contributed by atoms with Crippen molar-refractivity contribution >= 4 is 35.6 Å². The fraction of sp³-hybridized carbons (Fsp3) is 0.529. The average Bonchev–Trinajstić information content (AvgIpc) is 2.66. The molecule has 0 radical (unpaired) electrons. The summed E-state index contributed by atoms with van der Waals surface area (Å²) in [6.45, 7) is 6.57. The van der Waals surface area contributed by atoms with E-state index >= 15 is 0 Å². The zero-order chi connectivity index (χ0) is 22.4. The van der Waals surface area contributed by atoms with Gasteiger partial charge in [-0.3, -0.25) is 19.2 Å². The molecule has 0 aliphatic carbocycles. The molecule has 4 N–H and O–H groups in total. The lowest BCUT2D eigenvalue weighted by Gasteiger charge is -2.16. The van der Waals surface area contributed by atoms with Crippen LogP contribution in [-0.2, 0) is 38.2 Å². The third-order valence-corrected chi connectivity index (χ3v) is 3.04. The van der Waals surface area contributed by atoms with Crippen LogP contribution in [0.2, 0.25) is 0 Å². The van der Waals surface area contributed by atoms with Crippen LogP contribution in [0.4, 0.5) is 0 Å². The molecular formula is C17H26N4O8. The maximum absolute atomic E-state index is 11.9. The van der Waals surface area contributed by atoms with Crippen LogP contribution in [0.15, 0.2) is 12.2 Å². The number of ether oxygens (including phenoxy) is 2. The van der Waals surface area contributed by atoms with Gasteiger partial charge in [0.05, 0.1) is 32.8 Å². The Morgan fingerprint density at radius 2 is 1.17 bits per heavy atom. The van der Waals surface area contributed by atoms with E-state index < -0.39 is 54.7 Å². The van der Waals surface area contributed by atoms with E-state index in [0.29, 0.717) is 0 Å². The Labute approximate surface area is 167 Å². The van der Waals surface area contributed by atoms with Crippen molar-refractivity contribution < 1.29 is 38.2 Å². The summed E-state index contributed by atoms with van der Waals surface area (Å²) in [4.78, 5) is 69.8. The Kier molecular flexibility index (Phi) is 12.1. The highest BCUT2D eigenvalue weighted by atomic mass is 16.6. The lowest BCUT2D eigenvalue weighted by molar-refractivity contribution is -0.159. The van der Waals surface area contributed by atoms with Gasteiger partial charge in [-0.15, -0.1) is 0 Å². The van der Waals surface area contributed by atoms with Crippen molar-refractivity contribution in [2.45, 2.75) is 26.8 Å². The smallest absolute Gasteiger partial charge is 0.340 e. The molecule has 4 amide bonds. The first-order valence-corrected chi connectivity index (χ1v) is 8.72. The molecule has 162 valence electrons. The number of esters is 2. The van der Waals surface area contributed by atoms with Crippen molar-refractivity contribution in [3.05, 3.63) is 12.2 Å². The molecule has 0 aromatic rings. The largest absolute Gasteiger partial charge is 0.464 e. The van der Waals surface area contributed by atoms with E-state index in [2.05, 4.69) is 27.8 Å². The van der Waals surface area contributed by atoms with Crippen LogP contribution in [0.5, 0.6) is 0 Å². The predicted octanol–water partition coefficient (Wildman–Crippen LogP) is -2.48. The van der Waals surface area contributed by atoms with Crippen LogP contribution < -0.4 is 21.3 Å². The first-order valence-electron chi connectivity index (χ1n) is 8.72. The van der Waals surface area contributed by atoms with Crippen molar-refractivity contribution in [1.82, 2.24) is 21.3 Å². The molecule has 0 spiro atoms. The van der Waals surface area contributed by atoms with Gasteiger partial charge < -0.3 is 30.7 Å². The van der Waals surface area contributed by atoms with Crippen molar-refractivity contribution in [3.63, 3.8) is 0 Å². The van der Waals surface area contributed by atoms with Gasteiger partial charge in [-0.05, 0) is 20.8 Å². The number of rotatable bonds is 12. The normalized spacial score (nSPS) is 9.79.